The van der Waals surface area contributed by atoms with Crippen molar-refractivity contribution in [2.75, 3.05) is 0 Å². The number of fused-ring (bicyclic) bond motifs is 1. The molecule has 162 valence electrons. The zero-order valence-electron chi connectivity index (χ0n) is 16.9. The maximum Gasteiger partial charge on any atom is 0.261 e. The zero-order chi connectivity index (χ0) is 23.1. The third kappa shape index (κ3) is 3.67. The van der Waals surface area contributed by atoms with Gasteiger partial charge in [0.2, 0.25) is 4.73 Å². The van der Waals surface area contributed by atoms with E-state index in [4.69, 9.17) is 11.6 Å². The van der Waals surface area contributed by atoms with Crippen molar-refractivity contribution in [2.45, 2.75) is 6.54 Å². The lowest BCUT2D eigenvalue weighted by molar-refractivity contribution is 0.0637. The molecule has 2 amide bonds. The van der Waals surface area contributed by atoms with Gasteiger partial charge in [0.05, 0.1) is 23.4 Å². The van der Waals surface area contributed by atoms with Crippen molar-refractivity contribution in [2.24, 2.45) is 0 Å². The molecule has 1 aliphatic rings. The number of hydrogen-bond acceptors (Lipinski definition) is 5. The highest BCUT2D eigenvalue weighted by Crippen LogP contribution is 2.29. The number of nitrogens with zero attached hydrogens (tertiary/aromatic N) is 4. The molecule has 1 aliphatic heterocycles. The van der Waals surface area contributed by atoms with Crippen LogP contribution in [-0.2, 0) is 6.54 Å². The lowest BCUT2D eigenvalue weighted by atomic mass is 10.0. The largest absolute Gasteiger partial charge is 0.289 e. The fourth-order valence-corrected chi connectivity index (χ4v) is 4.44. The molecule has 0 atom stereocenters. The Morgan fingerprint density at radius 1 is 0.879 bits per heavy atom. The fourth-order valence-electron chi connectivity index (χ4n) is 3.79. The number of hydrogen-bond donors (Lipinski definition) is 0. The van der Waals surface area contributed by atoms with Crippen molar-refractivity contribution in [1.82, 2.24) is 19.7 Å². The Labute approximate surface area is 201 Å². The van der Waals surface area contributed by atoms with Gasteiger partial charge in [-0.3, -0.25) is 23.9 Å². The quantitative estimate of drug-likeness (QED) is 0.280. The summed E-state index contributed by atoms with van der Waals surface area (Å²) in [6.07, 6.45) is 0. The second-order valence-electron chi connectivity index (χ2n) is 7.32. The Morgan fingerprint density at radius 2 is 1.52 bits per heavy atom. The number of benzene rings is 3. The van der Waals surface area contributed by atoms with Gasteiger partial charge < -0.3 is 0 Å². The first-order chi connectivity index (χ1) is 16.0. The summed E-state index contributed by atoms with van der Waals surface area (Å²) in [5.74, 6) is -0.739. The Bertz CT molecular complexity index is 1400. The molecule has 7 nitrogen and oxygen atoms in total. The van der Waals surface area contributed by atoms with Crippen LogP contribution in [0.3, 0.4) is 0 Å². The van der Waals surface area contributed by atoms with Crippen molar-refractivity contribution in [3.8, 4) is 5.69 Å². The summed E-state index contributed by atoms with van der Waals surface area (Å²) >= 11 is 9.59. The summed E-state index contributed by atoms with van der Waals surface area (Å²) in [5, 5.41) is 8.62. The Morgan fingerprint density at radius 3 is 2.18 bits per heavy atom. The smallest absolute Gasteiger partial charge is 0.261 e. The molecule has 2 heterocycles. The van der Waals surface area contributed by atoms with Crippen LogP contribution < -0.4 is 0 Å². The number of amides is 2. The molecule has 4 aromatic rings. The molecule has 0 aliphatic carbocycles. The van der Waals surface area contributed by atoms with Crippen LogP contribution in [0, 0.1) is 0 Å². The Kier molecular flexibility index (Phi) is 5.39. The third-order valence-corrected chi connectivity index (χ3v) is 6.10. The van der Waals surface area contributed by atoms with Gasteiger partial charge in [-0.15, -0.1) is 10.2 Å². The van der Waals surface area contributed by atoms with Crippen LogP contribution in [0.5, 0.6) is 0 Å². The molecule has 0 saturated carbocycles. The monoisotopic (exact) mass is 520 g/mol. The molecule has 0 N–H and O–H groups in total. The van der Waals surface area contributed by atoms with E-state index in [1.54, 1.807) is 71.3 Å². The second kappa shape index (κ2) is 8.38. The van der Waals surface area contributed by atoms with E-state index in [-0.39, 0.29) is 12.3 Å². The van der Waals surface area contributed by atoms with Gasteiger partial charge in [-0.2, -0.15) is 0 Å². The number of carbonyl (C=O) groups is 3. The average molecular weight is 522 g/mol. The summed E-state index contributed by atoms with van der Waals surface area (Å²) in [6, 6.07) is 20.4. The highest BCUT2D eigenvalue weighted by molar-refractivity contribution is 9.10. The normalized spacial score (nSPS) is 12.8. The molecule has 0 unspecified atom stereocenters. The molecule has 0 bridgehead atoms. The highest BCUT2D eigenvalue weighted by atomic mass is 79.9. The predicted octanol–water partition coefficient (Wildman–Crippen LogP) is 4.71. The summed E-state index contributed by atoms with van der Waals surface area (Å²) in [5.41, 5.74) is 1.99. The number of halogens is 2. The summed E-state index contributed by atoms with van der Waals surface area (Å²) in [6.45, 7) is -0.119. The summed E-state index contributed by atoms with van der Waals surface area (Å²) in [7, 11) is 0. The standard InChI is InChI=1S/C24H14BrClN4O3/c25-24-28-27-20(13-29-22(32)16-8-4-5-9-17(16)23(29)33)30(24)19-11-10-15(26)12-18(19)21(31)14-6-2-1-3-7-14/h1-12H,13H2. The van der Waals surface area contributed by atoms with E-state index in [0.29, 0.717) is 43.5 Å². The van der Waals surface area contributed by atoms with E-state index in [2.05, 4.69) is 26.1 Å². The molecule has 3 aromatic carbocycles. The molecule has 33 heavy (non-hydrogen) atoms. The first-order valence-electron chi connectivity index (χ1n) is 9.90. The minimum absolute atomic E-state index is 0.119. The topological polar surface area (TPSA) is 85.2 Å². The molecular weight excluding hydrogens is 508 g/mol. The van der Waals surface area contributed by atoms with E-state index >= 15 is 0 Å². The average Bonchev–Trinajstić information content (AvgIpc) is 3.32. The SMILES string of the molecule is O=C(c1ccccc1)c1cc(Cl)ccc1-n1c(Br)nnc1CN1C(=O)c2ccccc2C1=O. The zero-order valence-corrected chi connectivity index (χ0v) is 19.2. The van der Waals surface area contributed by atoms with E-state index in [1.807, 2.05) is 6.07 Å². The van der Waals surface area contributed by atoms with Crippen LogP contribution in [0.2, 0.25) is 5.02 Å². The van der Waals surface area contributed by atoms with Gasteiger partial charge in [-0.25, -0.2) is 0 Å². The van der Waals surface area contributed by atoms with Crippen molar-refractivity contribution in [3.05, 3.63) is 111 Å². The predicted molar refractivity (Wildman–Crippen MR) is 125 cm³/mol. The molecule has 0 saturated heterocycles. The van der Waals surface area contributed by atoms with E-state index in [1.165, 1.54) is 0 Å². The molecule has 5 rings (SSSR count). The number of aromatic nitrogens is 3. The third-order valence-electron chi connectivity index (χ3n) is 5.35. The van der Waals surface area contributed by atoms with Crippen molar-refractivity contribution < 1.29 is 14.4 Å². The van der Waals surface area contributed by atoms with Crippen molar-refractivity contribution in [3.63, 3.8) is 0 Å². The minimum atomic E-state index is -0.405. The van der Waals surface area contributed by atoms with Gasteiger partial charge in [0.15, 0.2) is 11.6 Å². The Balaban J connectivity index is 1.57. The van der Waals surface area contributed by atoms with Crippen molar-refractivity contribution in [1.29, 1.82) is 0 Å². The first-order valence-corrected chi connectivity index (χ1v) is 11.1. The number of rotatable bonds is 5. The molecule has 0 fully saturated rings. The van der Waals surface area contributed by atoms with Gasteiger partial charge in [0.1, 0.15) is 0 Å². The lowest BCUT2D eigenvalue weighted by Crippen LogP contribution is -2.30. The highest BCUT2D eigenvalue weighted by Gasteiger charge is 2.36. The minimum Gasteiger partial charge on any atom is -0.289 e. The number of ketones is 1. The molecule has 0 spiro atoms. The van der Waals surface area contributed by atoms with Crippen molar-refractivity contribution >= 4 is 45.1 Å². The summed E-state index contributed by atoms with van der Waals surface area (Å²) in [4.78, 5) is 40.1. The molecule has 0 radical (unpaired) electrons. The molecule has 9 heteroatoms. The van der Waals surface area contributed by atoms with Crippen LogP contribution in [0.4, 0.5) is 0 Å². The van der Waals surface area contributed by atoms with Crippen LogP contribution in [-0.4, -0.2) is 37.3 Å². The van der Waals surface area contributed by atoms with Gasteiger partial charge >= 0.3 is 0 Å². The molecular formula is C24H14BrClN4O3. The van der Waals surface area contributed by atoms with Crippen LogP contribution in [0.15, 0.2) is 77.5 Å². The van der Waals surface area contributed by atoms with Gasteiger partial charge in [0, 0.05) is 16.1 Å². The maximum absolute atomic E-state index is 13.3. The van der Waals surface area contributed by atoms with Gasteiger partial charge in [0.25, 0.3) is 11.8 Å². The number of carbonyl (C=O) groups excluding carboxylic acids is 3. The fraction of sp³-hybridized carbons (Fsp3) is 0.0417. The molecule has 1 aromatic heterocycles. The first kappa shape index (κ1) is 21.2. The Hall–Kier alpha value is -3.62. The van der Waals surface area contributed by atoms with E-state index in [0.717, 1.165) is 4.90 Å². The van der Waals surface area contributed by atoms with Crippen LogP contribution in [0.25, 0.3) is 5.69 Å². The van der Waals surface area contributed by atoms with Crippen LogP contribution >= 0.6 is 27.5 Å². The van der Waals surface area contributed by atoms with E-state index in [9.17, 15) is 14.4 Å². The number of imide groups is 1. The van der Waals surface area contributed by atoms with Gasteiger partial charge in [-0.1, -0.05) is 54.1 Å². The van der Waals surface area contributed by atoms with Crippen LogP contribution in [0.1, 0.15) is 42.5 Å². The summed E-state index contributed by atoms with van der Waals surface area (Å²) < 4.78 is 1.91. The van der Waals surface area contributed by atoms with E-state index < -0.39 is 11.8 Å². The second-order valence-corrected chi connectivity index (χ2v) is 8.47. The maximum atomic E-state index is 13.3. The van der Waals surface area contributed by atoms with Gasteiger partial charge in [-0.05, 0) is 46.3 Å². The lowest BCUT2D eigenvalue weighted by Gasteiger charge is -2.17.